The Labute approximate surface area is 163 Å². The van der Waals surface area contributed by atoms with E-state index < -0.39 is 0 Å². The van der Waals surface area contributed by atoms with Crippen molar-refractivity contribution in [1.82, 2.24) is 25.0 Å². The standard InChI is InChI=1S/C20H23N5O3/c1-26-12-13-27-19-16(7-4-10-22-19)18-23-20(28-24-18)17-8-5-11-25(17)14-15-6-2-3-9-21-15/h2-4,6-7,9-10,17H,5,8,11-14H2,1H3/t17-/m1/s1. The first-order chi connectivity index (χ1) is 13.8. The largest absolute Gasteiger partial charge is 0.475 e. The van der Waals surface area contributed by atoms with Crippen LogP contribution in [0.25, 0.3) is 11.4 Å². The van der Waals surface area contributed by atoms with Gasteiger partial charge in [-0.2, -0.15) is 4.98 Å². The van der Waals surface area contributed by atoms with Crippen LogP contribution in [0.5, 0.6) is 5.88 Å². The third-order valence-corrected chi connectivity index (χ3v) is 4.72. The van der Waals surface area contributed by atoms with Crippen LogP contribution in [0.2, 0.25) is 0 Å². The number of ether oxygens (including phenoxy) is 2. The molecule has 28 heavy (non-hydrogen) atoms. The summed E-state index contributed by atoms with van der Waals surface area (Å²) in [4.78, 5) is 15.7. The lowest BCUT2D eigenvalue weighted by atomic mass is 10.2. The predicted octanol–water partition coefficient (Wildman–Crippen LogP) is 2.89. The van der Waals surface area contributed by atoms with Gasteiger partial charge in [-0.15, -0.1) is 0 Å². The Hall–Kier alpha value is -2.84. The van der Waals surface area contributed by atoms with Crippen molar-refractivity contribution in [2.45, 2.75) is 25.4 Å². The van der Waals surface area contributed by atoms with Crippen molar-refractivity contribution in [2.75, 3.05) is 26.9 Å². The molecule has 0 bridgehead atoms. The van der Waals surface area contributed by atoms with Crippen LogP contribution in [-0.2, 0) is 11.3 Å². The van der Waals surface area contributed by atoms with Crippen LogP contribution in [0.1, 0.15) is 30.5 Å². The van der Waals surface area contributed by atoms with E-state index in [1.165, 1.54) is 0 Å². The van der Waals surface area contributed by atoms with E-state index in [1.807, 2.05) is 36.5 Å². The molecule has 1 atom stereocenters. The van der Waals surface area contributed by atoms with Crippen molar-refractivity contribution in [2.24, 2.45) is 0 Å². The molecule has 4 heterocycles. The Morgan fingerprint density at radius 3 is 2.93 bits per heavy atom. The predicted molar refractivity (Wildman–Crippen MR) is 102 cm³/mol. The van der Waals surface area contributed by atoms with E-state index in [0.29, 0.717) is 36.4 Å². The lowest BCUT2D eigenvalue weighted by Crippen LogP contribution is -2.23. The van der Waals surface area contributed by atoms with Gasteiger partial charge in [0.05, 0.1) is 23.9 Å². The molecular formula is C20H23N5O3. The highest BCUT2D eigenvalue weighted by atomic mass is 16.5. The second-order valence-electron chi connectivity index (χ2n) is 6.60. The Morgan fingerprint density at radius 1 is 1.14 bits per heavy atom. The summed E-state index contributed by atoms with van der Waals surface area (Å²) in [6.07, 6.45) is 5.57. The highest BCUT2D eigenvalue weighted by Crippen LogP contribution is 2.34. The molecule has 0 aromatic carbocycles. The molecule has 3 aromatic rings. The molecular weight excluding hydrogens is 358 g/mol. The molecule has 1 fully saturated rings. The number of hydrogen-bond acceptors (Lipinski definition) is 8. The number of aromatic nitrogens is 4. The van der Waals surface area contributed by atoms with Gasteiger partial charge in [-0.25, -0.2) is 4.98 Å². The minimum absolute atomic E-state index is 0.0952. The van der Waals surface area contributed by atoms with Gasteiger partial charge in [0, 0.05) is 26.0 Å². The number of nitrogens with zero attached hydrogens (tertiary/aromatic N) is 5. The number of likely N-dealkylation sites (tertiary alicyclic amines) is 1. The van der Waals surface area contributed by atoms with Gasteiger partial charge in [0.1, 0.15) is 6.61 Å². The highest BCUT2D eigenvalue weighted by Gasteiger charge is 2.31. The number of methoxy groups -OCH3 is 1. The third kappa shape index (κ3) is 4.18. The number of hydrogen-bond donors (Lipinski definition) is 0. The Morgan fingerprint density at radius 2 is 2.07 bits per heavy atom. The second-order valence-corrected chi connectivity index (χ2v) is 6.60. The van der Waals surface area contributed by atoms with Crippen molar-refractivity contribution >= 4 is 0 Å². The van der Waals surface area contributed by atoms with Crippen LogP contribution in [0, 0.1) is 0 Å². The quantitative estimate of drug-likeness (QED) is 0.551. The van der Waals surface area contributed by atoms with Gasteiger partial charge < -0.3 is 14.0 Å². The monoisotopic (exact) mass is 381 g/mol. The molecule has 0 unspecified atom stereocenters. The van der Waals surface area contributed by atoms with Crippen molar-refractivity contribution in [3.63, 3.8) is 0 Å². The van der Waals surface area contributed by atoms with Crippen LogP contribution < -0.4 is 4.74 Å². The van der Waals surface area contributed by atoms with E-state index in [1.54, 1.807) is 13.3 Å². The van der Waals surface area contributed by atoms with Crippen molar-refractivity contribution < 1.29 is 14.0 Å². The Bertz CT molecular complexity index is 886. The van der Waals surface area contributed by atoms with Crippen molar-refractivity contribution in [3.05, 3.63) is 54.3 Å². The van der Waals surface area contributed by atoms with E-state index in [4.69, 9.17) is 14.0 Å². The van der Waals surface area contributed by atoms with Gasteiger partial charge in [-0.1, -0.05) is 11.2 Å². The van der Waals surface area contributed by atoms with Gasteiger partial charge in [0.2, 0.25) is 17.6 Å². The summed E-state index contributed by atoms with van der Waals surface area (Å²) < 4.78 is 16.3. The molecule has 3 aromatic heterocycles. The van der Waals surface area contributed by atoms with E-state index in [0.717, 1.165) is 31.6 Å². The number of pyridine rings is 2. The Kier molecular flexibility index (Phi) is 5.89. The van der Waals surface area contributed by atoms with Crippen LogP contribution >= 0.6 is 0 Å². The molecule has 1 saturated heterocycles. The fraction of sp³-hybridized carbons (Fsp3) is 0.400. The summed E-state index contributed by atoms with van der Waals surface area (Å²) in [6, 6.07) is 9.77. The SMILES string of the molecule is COCCOc1ncccc1-c1noc([C@H]2CCCN2Cc2ccccn2)n1. The van der Waals surface area contributed by atoms with E-state index in [2.05, 4.69) is 25.0 Å². The maximum Gasteiger partial charge on any atom is 0.244 e. The van der Waals surface area contributed by atoms with Crippen LogP contribution in [0.15, 0.2) is 47.2 Å². The maximum absolute atomic E-state index is 5.69. The number of rotatable bonds is 8. The first kappa shape index (κ1) is 18.5. The minimum atomic E-state index is 0.0952. The first-order valence-corrected chi connectivity index (χ1v) is 9.40. The van der Waals surface area contributed by atoms with Gasteiger partial charge >= 0.3 is 0 Å². The molecule has 8 nitrogen and oxygen atoms in total. The molecule has 0 N–H and O–H groups in total. The van der Waals surface area contributed by atoms with E-state index in [9.17, 15) is 0 Å². The summed E-state index contributed by atoms with van der Waals surface area (Å²) in [5.74, 6) is 1.58. The van der Waals surface area contributed by atoms with E-state index >= 15 is 0 Å². The lowest BCUT2D eigenvalue weighted by Gasteiger charge is -2.20. The normalized spacial score (nSPS) is 17.1. The minimum Gasteiger partial charge on any atom is -0.475 e. The van der Waals surface area contributed by atoms with Crippen LogP contribution in [0.3, 0.4) is 0 Å². The molecule has 0 spiro atoms. The van der Waals surface area contributed by atoms with E-state index in [-0.39, 0.29) is 6.04 Å². The smallest absolute Gasteiger partial charge is 0.244 e. The molecule has 0 aliphatic carbocycles. The van der Waals surface area contributed by atoms with Crippen LogP contribution in [-0.4, -0.2) is 51.9 Å². The van der Waals surface area contributed by atoms with Crippen molar-refractivity contribution in [1.29, 1.82) is 0 Å². The lowest BCUT2D eigenvalue weighted by molar-refractivity contribution is 0.144. The molecule has 146 valence electrons. The van der Waals surface area contributed by atoms with Gasteiger partial charge in [-0.05, 0) is 43.7 Å². The van der Waals surface area contributed by atoms with Gasteiger partial charge in [0.15, 0.2) is 0 Å². The fourth-order valence-electron chi connectivity index (χ4n) is 3.37. The molecule has 0 amide bonds. The second kappa shape index (κ2) is 8.90. The topological polar surface area (TPSA) is 86.4 Å². The summed E-state index contributed by atoms with van der Waals surface area (Å²) in [5, 5.41) is 4.18. The highest BCUT2D eigenvalue weighted by molar-refractivity contribution is 5.60. The zero-order valence-corrected chi connectivity index (χ0v) is 15.8. The third-order valence-electron chi connectivity index (χ3n) is 4.72. The van der Waals surface area contributed by atoms with Crippen molar-refractivity contribution in [3.8, 4) is 17.3 Å². The van der Waals surface area contributed by atoms with Crippen LogP contribution in [0.4, 0.5) is 0 Å². The summed E-state index contributed by atoms with van der Waals surface area (Å²) in [6.45, 7) is 2.64. The Balaban J connectivity index is 1.51. The summed E-state index contributed by atoms with van der Waals surface area (Å²) >= 11 is 0. The molecule has 4 rings (SSSR count). The molecule has 8 heteroatoms. The first-order valence-electron chi connectivity index (χ1n) is 9.40. The van der Waals surface area contributed by atoms with Gasteiger partial charge in [-0.3, -0.25) is 9.88 Å². The zero-order valence-electron chi connectivity index (χ0n) is 15.8. The molecule has 1 aliphatic rings. The average molecular weight is 381 g/mol. The average Bonchev–Trinajstić information content (AvgIpc) is 3.39. The fourth-order valence-corrected chi connectivity index (χ4v) is 3.37. The molecule has 1 aliphatic heterocycles. The summed E-state index contributed by atoms with van der Waals surface area (Å²) in [7, 11) is 1.63. The molecule has 0 saturated carbocycles. The molecule has 0 radical (unpaired) electrons. The zero-order chi connectivity index (χ0) is 19.2. The van der Waals surface area contributed by atoms with Gasteiger partial charge in [0.25, 0.3) is 0 Å². The summed E-state index contributed by atoms with van der Waals surface area (Å²) in [5.41, 5.74) is 1.75. The maximum atomic E-state index is 5.69.